The van der Waals surface area contributed by atoms with Gasteiger partial charge in [-0.2, -0.15) is 0 Å². The molecule has 420 valence electrons. The lowest BCUT2D eigenvalue weighted by molar-refractivity contribution is 0.745. The summed E-state index contributed by atoms with van der Waals surface area (Å²) >= 11 is 0. The number of allylic oxidation sites excluding steroid dienone is 3. The zero-order valence-electron chi connectivity index (χ0n) is 50.0. The second-order valence-electron chi connectivity index (χ2n) is 25.2. The van der Waals surface area contributed by atoms with Crippen LogP contribution in [0, 0.1) is 11.8 Å². The van der Waals surface area contributed by atoms with E-state index in [9.17, 15) is 0 Å². The first-order valence-electron chi connectivity index (χ1n) is 32.0. The quantitative estimate of drug-likeness (QED) is 0.0491. The molecule has 0 aromatic heterocycles. The van der Waals surface area contributed by atoms with Crippen LogP contribution in [0.3, 0.4) is 0 Å². The van der Waals surface area contributed by atoms with Gasteiger partial charge in [-0.1, -0.05) is 303 Å². The van der Waals surface area contributed by atoms with Gasteiger partial charge in [0, 0.05) is 5.56 Å². The summed E-state index contributed by atoms with van der Waals surface area (Å²) in [7, 11) is 0. The Labute approximate surface area is 531 Å². The van der Waals surface area contributed by atoms with Crippen LogP contribution in [-0.4, -0.2) is 0 Å². The molecule has 0 heterocycles. The van der Waals surface area contributed by atoms with E-state index >= 15 is 0 Å². The Bertz CT molecular complexity index is 5770. The first-order valence-corrected chi connectivity index (χ1v) is 32.0. The minimum atomic E-state index is -0.798. The molecule has 0 aliphatic heterocycles. The number of hydrogen-bond donors (Lipinski definition) is 0. The maximum absolute atomic E-state index is 3.47. The van der Waals surface area contributed by atoms with Crippen LogP contribution in [0.4, 0.5) is 0 Å². The lowest BCUT2D eigenvalue weighted by atomic mass is 9.64. The first kappa shape index (κ1) is 50.9. The van der Waals surface area contributed by atoms with Crippen molar-refractivity contribution >= 4 is 129 Å². The summed E-state index contributed by atoms with van der Waals surface area (Å²) in [6, 6.07) is 113. The van der Waals surface area contributed by atoms with E-state index in [1.807, 2.05) is 18.2 Å². The van der Waals surface area contributed by atoms with E-state index in [-0.39, 0.29) is 0 Å². The lowest BCUT2D eigenvalue weighted by Crippen LogP contribution is -2.31. The number of rotatable bonds is 7. The third kappa shape index (κ3) is 7.20. The maximum Gasteiger partial charge on any atom is 0.0701 e. The number of hydrogen-bond acceptors (Lipinski definition) is 0. The highest BCUT2D eigenvalue weighted by Crippen LogP contribution is 2.51. The van der Waals surface area contributed by atoms with Crippen molar-refractivity contribution in [2.45, 2.75) is 5.41 Å². The molecule has 0 saturated heterocycles. The molecule has 0 spiro atoms. The van der Waals surface area contributed by atoms with Crippen LogP contribution in [0.15, 0.2) is 327 Å². The van der Waals surface area contributed by atoms with Crippen LogP contribution in [0.25, 0.3) is 163 Å². The molecule has 0 heteroatoms. The van der Waals surface area contributed by atoms with Gasteiger partial charge >= 0.3 is 0 Å². The summed E-state index contributed by atoms with van der Waals surface area (Å²) in [6.45, 7) is 0. The van der Waals surface area contributed by atoms with Crippen molar-refractivity contribution in [1.29, 1.82) is 0 Å². The number of benzene rings is 19. The predicted octanol–water partition coefficient (Wildman–Crippen LogP) is 24.2. The maximum atomic E-state index is 3.47. The van der Waals surface area contributed by atoms with Gasteiger partial charge in [-0.3, -0.25) is 0 Å². The molecule has 0 bridgehead atoms. The molecule has 0 unspecified atom stereocenters. The van der Waals surface area contributed by atoms with Gasteiger partial charge in [0.25, 0.3) is 0 Å². The third-order valence-corrected chi connectivity index (χ3v) is 20.7. The highest BCUT2D eigenvalue weighted by atomic mass is 14.4. The van der Waals surface area contributed by atoms with Crippen molar-refractivity contribution in [3.05, 3.63) is 355 Å². The molecule has 1 aliphatic carbocycles. The van der Waals surface area contributed by atoms with Crippen molar-refractivity contribution in [1.82, 2.24) is 0 Å². The molecule has 0 atom stereocenters. The Kier molecular flexibility index (Phi) is 10.8. The zero-order valence-corrected chi connectivity index (χ0v) is 50.0. The normalized spacial score (nSPS) is 12.7. The summed E-state index contributed by atoms with van der Waals surface area (Å²) < 4.78 is 0. The summed E-state index contributed by atoms with van der Waals surface area (Å²) in [5.74, 6) is 6.83. The zero-order chi connectivity index (χ0) is 60.2. The fraction of sp³-hybridized carbons (Fsp3) is 0.0109. The Hall–Kier alpha value is -12.1. The fourth-order valence-electron chi connectivity index (χ4n) is 16.7. The van der Waals surface area contributed by atoms with E-state index in [0.717, 1.165) is 16.7 Å². The molecule has 0 radical (unpaired) electrons. The van der Waals surface area contributed by atoms with Crippen LogP contribution in [0.1, 0.15) is 27.8 Å². The van der Waals surface area contributed by atoms with E-state index in [0.29, 0.717) is 0 Å². The van der Waals surface area contributed by atoms with E-state index < -0.39 is 5.41 Å². The Morgan fingerprint density at radius 3 is 0.804 bits per heavy atom. The van der Waals surface area contributed by atoms with E-state index in [1.54, 1.807) is 0 Å². The largest absolute Gasteiger partial charge is 0.104 e. The van der Waals surface area contributed by atoms with Gasteiger partial charge in [0.05, 0.1) is 11.0 Å². The SMILES string of the molecule is C1=CC=CC=1C#Cc1ccc(C(c2ccc(-c3ccc4c5cccc6cccc(c7cccc3c74)c65)cc2)(c2ccc(-c3ccc4c5cccc6cccc(c7cccc3c74)c65)cc2)c2ccc(-c3ccc4c5cccc6cccc(c7cccc3c74)c65)cc2)cc1. The van der Waals surface area contributed by atoms with Crippen LogP contribution >= 0.6 is 0 Å². The average molecular weight is 1160 g/mol. The lowest BCUT2D eigenvalue weighted by Gasteiger charge is -2.37. The summed E-state index contributed by atoms with van der Waals surface area (Å²) in [5.41, 5.74) is 16.1. The van der Waals surface area contributed by atoms with Gasteiger partial charge in [-0.05, 0) is 209 Å². The van der Waals surface area contributed by atoms with Crippen molar-refractivity contribution < 1.29 is 0 Å². The molecule has 92 heavy (non-hydrogen) atoms. The minimum absolute atomic E-state index is 0.798. The van der Waals surface area contributed by atoms with Crippen molar-refractivity contribution in [2.75, 3.05) is 0 Å². The molecule has 0 saturated carbocycles. The van der Waals surface area contributed by atoms with Crippen LogP contribution in [0.5, 0.6) is 0 Å². The summed E-state index contributed by atoms with van der Waals surface area (Å²) in [5, 5.41) is 31.1. The smallest absolute Gasteiger partial charge is 0.0701 e. The highest BCUT2D eigenvalue weighted by Gasteiger charge is 2.39. The topological polar surface area (TPSA) is 0 Å². The molecular formula is C92H52. The van der Waals surface area contributed by atoms with E-state index in [2.05, 4.69) is 315 Å². The molecular weight excluding hydrogens is 1110 g/mol. The van der Waals surface area contributed by atoms with Gasteiger partial charge in [0.1, 0.15) is 0 Å². The molecule has 0 N–H and O–H groups in total. The van der Waals surface area contributed by atoms with Gasteiger partial charge in [0.2, 0.25) is 0 Å². The molecule has 20 rings (SSSR count). The Morgan fingerprint density at radius 1 is 0.228 bits per heavy atom. The van der Waals surface area contributed by atoms with Gasteiger partial charge in [0.15, 0.2) is 0 Å². The molecule has 0 nitrogen and oxygen atoms in total. The highest BCUT2D eigenvalue weighted by molar-refractivity contribution is 6.37. The van der Waals surface area contributed by atoms with Crippen LogP contribution < -0.4 is 0 Å². The van der Waals surface area contributed by atoms with Crippen LogP contribution in [0.2, 0.25) is 0 Å². The van der Waals surface area contributed by atoms with Crippen molar-refractivity contribution in [3.8, 4) is 45.2 Å². The van der Waals surface area contributed by atoms with Gasteiger partial charge < -0.3 is 0 Å². The standard InChI is InChI=1S/C92H52/c1-2-13-56(12-1)32-33-57-34-42-64(43-35-57)92(65-44-36-58(37-45-65)68-50-53-83-77-23-6-17-61-14-3-20-74(86(61)77)80-29-9-26-71(68)89(80)83,66-46-38-59(39-47-66)69-51-54-84-78-24-7-18-62-15-4-21-75(87(62)78)81-30-10-27-72(69)90(81)84)67-48-40-60(41-49-67)70-52-55-85-79-25-8-19-63-16-5-22-76(88(63)79)82-31-11-28-73(70)91(82)85/h1-12,14-31,34-55H. The first-order chi connectivity index (χ1) is 45.6. The molecule has 19 aromatic carbocycles. The van der Waals surface area contributed by atoms with Crippen LogP contribution in [-0.2, 0) is 5.41 Å². The average Bonchev–Trinajstić information content (AvgIpc) is 0.851. The molecule has 0 fully saturated rings. The fourth-order valence-corrected chi connectivity index (χ4v) is 16.7. The second-order valence-corrected chi connectivity index (χ2v) is 25.2. The number of fused-ring (bicyclic) bond motifs is 6. The minimum Gasteiger partial charge on any atom is -0.104 e. The Balaban J connectivity index is 0.798. The van der Waals surface area contributed by atoms with E-state index in [4.69, 9.17) is 0 Å². The summed E-state index contributed by atoms with van der Waals surface area (Å²) in [4.78, 5) is 0. The van der Waals surface area contributed by atoms with Gasteiger partial charge in [-0.15, -0.1) is 5.73 Å². The third-order valence-electron chi connectivity index (χ3n) is 20.7. The van der Waals surface area contributed by atoms with Gasteiger partial charge in [-0.25, -0.2) is 0 Å². The second kappa shape index (κ2) is 19.4. The molecule has 0 amide bonds. The Morgan fingerprint density at radius 2 is 0.500 bits per heavy atom. The monoisotopic (exact) mass is 1160 g/mol. The predicted molar refractivity (Wildman–Crippen MR) is 392 cm³/mol. The molecule has 19 aromatic rings. The van der Waals surface area contributed by atoms with Crippen molar-refractivity contribution in [3.63, 3.8) is 0 Å². The molecule has 1 aliphatic rings. The van der Waals surface area contributed by atoms with Crippen molar-refractivity contribution in [2.24, 2.45) is 0 Å². The van der Waals surface area contributed by atoms with E-state index in [1.165, 1.54) is 179 Å². The summed E-state index contributed by atoms with van der Waals surface area (Å²) in [6.07, 6.45) is 5.93.